The molecule has 4 nitrogen and oxygen atoms in total. The second-order valence-electron chi connectivity index (χ2n) is 5.13. The van der Waals surface area contributed by atoms with Crippen molar-refractivity contribution >= 4 is 5.91 Å². The van der Waals surface area contributed by atoms with E-state index in [2.05, 4.69) is 41.5 Å². The molecule has 0 aliphatic rings. The number of carbonyl (C=O) groups excluding carboxylic acids is 1. The first kappa shape index (κ1) is 15.3. The summed E-state index contributed by atoms with van der Waals surface area (Å²) in [5.41, 5.74) is 2.52. The van der Waals surface area contributed by atoms with Gasteiger partial charge in [0.25, 0.3) is 0 Å². The topological polar surface area (TPSA) is 55.1 Å². The Hall–Kier alpha value is -2.10. The third kappa shape index (κ3) is 5.06. The summed E-state index contributed by atoms with van der Waals surface area (Å²) < 4.78 is 5.35. The van der Waals surface area contributed by atoms with Gasteiger partial charge in [-0.1, -0.05) is 31.2 Å². The molecule has 0 fully saturated rings. The lowest BCUT2D eigenvalue weighted by Crippen LogP contribution is -2.25. The summed E-state index contributed by atoms with van der Waals surface area (Å²) in [6.07, 6.45) is 4.65. The van der Waals surface area contributed by atoms with Crippen molar-refractivity contribution in [1.29, 1.82) is 0 Å². The van der Waals surface area contributed by atoms with Crippen LogP contribution in [0.25, 0.3) is 0 Å². The second-order valence-corrected chi connectivity index (χ2v) is 5.13. The fraction of sp³-hybridized carbons (Fsp3) is 0.412. The average molecular weight is 286 g/mol. The van der Waals surface area contributed by atoms with Gasteiger partial charge < -0.3 is 9.73 Å². The Morgan fingerprint density at radius 1 is 1.19 bits per heavy atom. The number of hydrogen-bond acceptors (Lipinski definition) is 3. The first-order chi connectivity index (χ1) is 10.2. The highest BCUT2D eigenvalue weighted by atomic mass is 16.4. The first-order valence-corrected chi connectivity index (χ1v) is 7.43. The van der Waals surface area contributed by atoms with Crippen LogP contribution < -0.4 is 5.32 Å². The Kier molecular flexibility index (Phi) is 5.55. The number of aryl methyl sites for hydroxylation is 3. The molecule has 1 aromatic heterocycles. The van der Waals surface area contributed by atoms with Crippen LogP contribution in [0.15, 0.2) is 34.9 Å². The maximum Gasteiger partial charge on any atom is 0.220 e. The monoisotopic (exact) mass is 286 g/mol. The number of aromatic nitrogens is 1. The Balaban J connectivity index is 1.67. The van der Waals surface area contributed by atoms with Gasteiger partial charge in [0.15, 0.2) is 5.89 Å². The highest BCUT2D eigenvalue weighted by Gasteiger charge is 2.04. The van der Waals surface area contributed by atoms with Crippen LogP contribution in [0.2, 0.25) is 0 Å². The smallest absolute Gasteiger partial charge is 0.220 e. The molecule has 2 aromatic rings. The summed E-state index contributed by atoms with van der Waals surface area (Å²) in [5, 5.41) is 2.89. The van der Waals surface area contributed by atoms with Gasteiger partial charge in [-0.3, -0.25) is 4.79 Å². The fourth-order valence-corrected chi connectivity index (χ4v) is 2.11. The molecule has 0 atom stereocenters. The SMILES string of the molecule is CCc1ccc(CCC(=O)NCCc2ncc(C)o2)cc1. The van der Waals surface area contributed by atoms with Gasteiger partial charge in [-0.25, -0.2) is 4.98 Å². The molecule has 0 radical (unpaired) electrons. The van der Waals surface area contributed by atoms with E-state index in [9.17, 15) is 4.79 Å². The molecule has 1 heterocycles. The Morgan fingerprint density at radius 2 is 1.90 bits per heavy atom. The van der Waals surface area contributed by atoms with Crippen LogP contribution in [0.3, 0.4) is 0 Å². The fourth-order valence-electron chi connectivity index (χ4n) is 2.11. The first-order valence-electron chi connectivity index (χ1n) is 7.43. The molecule has 0 aliphatic carbocycles. The molecule has 1 N–H and O–H groups in total. The minimum Gasteiger partial charge on any atom is -0.446 e. The van der Waals surface area contributed by atoms with E-state index in [0.717, 1.165) is 18.6 Å². The summed E-state index contributed by atoms with van der Waals surface area (Å²) in [4.78, 5) is 15.9. The van der Waals surface area contributed by atoms with E-state index < -0.39 is 0 Å². The predicted octanol–water partition coefficient (Wildman–Crippen LogP) is 2.84. The highest BCUT2D eigenvalue weighted by molar-refractivity contribution is 5.76. The largest absolute Gasteiger partial charge is 0.446 e. The molecular weight excluding hydrogens is 264 g/mol. The predicted molar refractivity (Wildman–Crippen MR) is 82.1 cm³/mol. The van der Waals surface area contributed by atoms with Crippen LogP contribution in [0.1, 0.15) is 36.1 Å². The summed E-state index contributed by atoms with van der Waals surface area (Å²) in [6.45, 7) is 4.56. The van der Waals surface area contributed by atoms with Gasteiger partial charge in [-0.2, -0.15) is 0 Å². The van der Waals surface area contributed by atoms with E-state index in [-0.39, 0.29) is 5.91 Å². The van der Waals surface area contributed by atoms with Crippen molar-refractivity contribution in [1.82, 2.24) is 10.3 Å². The molecule has 0 bridgehead atoms. The summed E-state index contributed by atoms with van der Waals surface area (Å²) in [7, 11) is 0. The zero-order valence-electron chi connectivity index (χ0n) is 12.7. The van der Waals surface area contributed by atoms with Crippen LogP contribution in [0, 0.1) is 6.92 Å². The molecule has 0 unspecified atom stereocenters. The van der Waals surface area contributed by atoms with Gasteiger partial charge in [0.05, 0.1) is 6.20 Å². The van der Waals surface area contributed by atoms with Crippen molar-refractivity contribution in [3.05, 3.63) is 53.2 Å². The number of rotatable bonds is 7. The van der Waals surface area contributed by atoms with E-state index in [1.807, 2.05) is 6.92 Å². The van der Waals surface area contributed by atoms with E-state index in [0.29, 0.717) is 25.3 Å². The minimum atomic E-state index is 0.0675. The maximum atomic E-state index is 11.8. The third-order valence-electron chi connectivity index (χ3n) is 3.40. The van der Waals surface area contributed by atoms with Gasteiger partial charge in [0.1, 0.15) is 5.76 Å². The van der Waals surface area contributed by atoms with Gasteiger partial charge in [0, 0.05) is 19.4 Å². The lowest BCUT2D eigenvalue weighted by Gasteiger charge is -2.05. The lowest BCUT2D eigenvalue weighted by atomic mass is 10.1. The third-order valence-corrected chi connectivity index (χ3v) is 3.40. The number of carbonyl (C=O) groups is 1. The average Bonchev–Trinajstić information content (AvgIpc) is 2.91. The zero-order valence-corrected chi connectivity index (χ0v) is 12.7. The molecule has 21 heavy (non-hydrogen) atoms. The van der Waals surface area contributed by atoms with Crippen LogP contribution in [-0.2, 0) is 24.1 Å². The van der Waals surface area contributed by atoms with Crippen molar-refractivity contribution in [3.63, 3.8) is 0 Å². The molecule has 1 amide bonds. The number of nitrogens with zero attached hydrogens (tertiary/aromatic N) is 1. The van der Waals surface area contributed by atoms with Crippen LogP contribution >= 0.6 is 0 Å². The van der Waals surface area contributed by atoms with Gasteiger partial charge >= 0.3 is 0 Å². The standard InChI is InChI=1S/C17H22N2O2/c1-3-14-4-6-15(7-5-14)8-9-16(20)18-11-10-17-19-12-13(2)21-17/h4-7,12H,3,8-11H2,1-2H3,(H,18,20). The van der Waals surface area contributed by atoms with Gasteiger partial charge in [-0.15, -0.1) is 0 Å². The molecule has 2 rings (SSSR count). The number of hydrogen-bond donors (Lipinski definition) is 1. The highest BCUT2D eigenvalue weighted by Crippen LogP contribution is 2.07. The summed E-state index contributed by atoms with van der Waals surface area (Å²) in [5.74, 6) is 1.53. The van der Waals surface area contributed by atoms with Crippen molar-refractivity contribution in [2.24, 2.45) is 0 Å². The minimum absolute atomic E-state index is 0.0675. The van der Waals surface area contributed by atoms with Crippen molar-refractivity contribution in [3.8, 4) is 0 Å². The van der Waals surface area contributed by atoms with Crippen LogP contribution in [0.5, 0.6) is 0 Å². The van der Waals surface area contributed by atoms with Crippen molar-refractivity contribution in [2.75, 3.05) is 6.54 Å². The molecule has 0 spiro atoms. The number of benzene rings is 1. The lowest BCUT2D eigenvalue weighted by molar-refractivity contribution is -0.121. The summed E-state index contributed by atoms with van der Waals surface area (Å²) in [6, 6.07) is 8.44. The van der Waals surface area contributed by atoms with Crippen molar-refractivity contribution < 1.29 is 9.21 Å². The molecule has 1 aromatic carbocycles. The Morgan fingerprint density at radius 3 is 2.52 bits per heavy atom. The molecule has 0 saturated heterocycles. The van der Waals surface area contributed by atoms with Crippen LogP contribution in [-0.4, -0.2) is 17.4 Å². The molecule has 4 heteroatoms. The van der Waals surface area contributed by atoms with Crippen molar-refractivity contribution in [2.45, 2.75) is 39.5 Å². The number of oxazole rings is 1. The molecule has 0 saturated carbocycles. The Labute approximate surface area is 125 Å². The zero-order chi connectivity index (χ0) is 15.1. The molecule has 112 valence electrons. The van der Waals surface area contributed by atoms with Gasteiger partial charge in [-0.05, 0) is 30.9 Å². The number of amides is 1. The Bertz CT molecular complexity index is 573. The van der Waals surface area contributed by atoms with E-state index >= 15 is 0 Å². The van der Waals surface area contributed by atoms with Gasteiger partial charge in [0.2, 0.25) is 5.91 Å². The van der Waals surface area contributed by atoms with E-state index in [1.165, 1.54) is 11.1 Å². The normalized spacial score (nSPS) is 10.6. The molecule has 0 aliphatic heterocycles. The quantitative estimate of drug-likeness (QED) is 0.851. The number of nitrogens with one attached hydrogen (secondary N) is 1. The summed E-state index contributed by atoms with van der Waals surface area (Å²) >= 11 is 0. The van der Waals surface area contributed by atoms with E-state index in [4.69, 9.17) is 4.42 Å². The second kappa shape index (κ2) is 7.62. The maximum absolute atomic E-state index is 11.8. The molecular formula is C17H22N2O2. The van der Waals surface area contributed by atoms with Crippen LogP contribution in [0.4, 0.5) is 0 Å². The van der Waals surface area contributed by atoms with E-state index in [1.54, 1.807) is 6.20 Å².